The lowest BCUT2D eigenvalue weighted by Crippen LogP contribution is -2.30. The van der Waals surface area contributed by atoms with E-state index in [1.807, 2.05) is 56.0 Å². The van der Waals surface area contributed by atoms with Gasteiger partial charge in [0.2, 0.25) is 0 Å². The van der Waals surface area contributed by atoms with Gasteiger partial charge in [0, 0.05) is 17.7 Å². The smallest absolute Gasteiger partial charge is 0.273 e. The highest BCUT2D eigenvalue weighted by Gasteiger charge is 2.42. The minimum absolute atomic E-state index is 0.0435. The van der Waals surface area contributed by atoms with Crippen molar-refractivity contribution in [3.8, 4) is 22.8 Å². The maximum absolute atomic E-state index is 13.4. The Balaban J connectivity index is 1.83. The van der Waals surface area contributed by atoms with Crippen molar-refractivity contribution in [1.82, 2.24) is 15.1 Å². The van der Waals surface area contributed by atoms with E-state index in [1.165, 1.54) is 0 Å². The standard InChI is InChI=1S/C26H31N3O3/c1-5-7-8-13-29-25(18-9-11-19(12-10-18)32-6-2)22-23(27-28-24(22)26(29)31)21-17(4)14-16(3)15-20(21)30/h9-12,14-15,25,30H,5-8,13H2,1-4H3,(H,27,28). The number of amides is 1. The van der Waals surface area contributed by atoms with Gasteiger partial charge in [-0.1, -0.05) is 38.0 Å². The number of phenolic OH excluding ortho intramolecular Hbond substituents is 1. The molecule has 1 amide bonds. The lowest BCUT2D eigenvalue weighted by atomic mass is 9.93. The molecule has 0 bridgehead atoms. The zero-order chi connectivity index (χ0) is 22.8. The monoisotopic (exact) mass is 433 g/mol. The second-order valence-electron chi connectivity index (χ2n) is 8.45. The predicted octanol–water partition coefficient (Wildman–Crippen LogP) is 5.53. The fraction of sp³-hybridized carbons (Fsp3) is 0.385. The van der Waals surface area contributed by atoms with Gasteiger partial charge in [-0.25, -0.2) is 0 Å². The van der Waals surface area contributed by atoms with Gasteiger partial charge in [-0.15, -0.1) is 0 Å². The Hall–Kier alpha value is -3.28. The largest absolute Gasteiger partial charge is 0.507 e. The molecule has 0 saturated heterocycles. The molecule has 1 atom stereocenters. The zero-order valence-electron chi connectivity index (χ0n) is 19.2. The summed E-state index contributed by atoms with van der Waals surface area (Å²) in [4.78, 5) is 15.3. The van der Waals surface area contributed by atoms with Crippen molar-refractivity contribution in [2.75, 3.05) is 13.2 Å². The first kappa shape index (κ1) is 21.9. The number of aromatic hydroxyl groups is 1. The van der Waals surface area contributed by atoms with Gasteiger partial charge in [-0.2, -0.15) is 5.10 Å². The van der Waals surface area contributed by atoms with E-state index in [-0.39, 0.29) is 17.7 Å². The lowest BCUT2D eigenvalue weighted by molar-refractivity contribution is 0.0740. The van der Waals surface area contributed by atoms with Crippen molar-refractivity contribution in [1.29, 1.82) is 0 Å². The van der Waals surface area contributed by atoms with E-state index in [4.69, 9.17) is 4.74 Å². The molecule has 0 saturated carbocycles. The summed E-state index contributed by atoms with van der Waals surface area (Å²) in [5.74, 6) is 0.940. The van der Waals surface area contributed by atoms with Gasteiger partial charge in [-0.05, 0) is 62.1 Å². The number of phenols is 1. The SMILES string of the molecule is CCCCCN1C(=O)c2[nH]nc(-c3c(C)cc(C)cc3O)c2C1c1ccc(OCC)cc1. The van der Waals surface area contributed by atoms with Crippen LogP contribution in [0, 0.1) is 13.8 Å². The van der Waals surface area contributed by atoms with Gasteiger partial charge in [0.15, 0.2) is 0 Å². The molecule has 0 fully saturated rings. The van der Waals surface area contributed by atoms with Gasteiger partial charge >= 0.3 is 0 Å². The first-order valence-electron chi connectivity index (χ1n) is 11.4. The van der Waals surface area contributed by atoms with Crippen LogP contribution in [0.15, 0.2) is 36.4 Å². The number of carbonyl (C=O) groups excluding carboxylic acids is 1. The number of nitrogens with zero attached hydrogens (tertiary/aromatic N) is 2. The molecule has 1 aliphatic heterocycles. The number of rotatable bonds is 8. The lowest BCUT2D eigenvalue weighted by Gasteiger charge is -2.26. The van der Waals surface area contributed by atoms with Crippen LogP contribution in [-0.4, -0.2) is 39.3 Å². The number of unbranched alkanes of at least 4 members (excludes halogenated alkanes) is 2. The molecule has 0 radical (unpaired) electrons. The van der Waals surface area contributed by atoms with Gasteiger partial charge in [0.25, 0.3) is 5.91 Å². The van der Waals surface area contributed by atoms with E-state index < -0.39 is 0 Å². The van der Waals surface area contributed by atoms with Crippen molar-refractivity contribution < 1.29 is 14.6 Å². The van der Waals surface area contributed by atoms with Crippen LogP contribution in [0.25, 0.3) is 11.3 Å². The molecular formula is C26H31N3O3. The number of benzene rings is 2. The number of aromatic nitrogens is 2. The summed E-state index contributed by atoms with van der Waals surface area (Å²) >= 11 is 0. The Kier molecular flexibility index (Phi) is 6.21. The van der Waals surface area contributed by atoms with E-state index in [0.717, 1.165) is 47.3 Å². The van der Waals surface area contributed by atoms with Crippen LogP contribution < -0.4 is 4.74 Å². The van der Waals surface area contributed by atoms with Crippen molar-refractivity contribution >= 4 is 5.91 Å². The van der Waals surface area contributed by atoms with Crippen molar-refractivity contribution in [2.45, 2.75) is 53.0 Å². The Morgan fingerprint density at radius 1 is 1.12 bits per heavy atom. The van der Waals surface area contributed by atoms with E-state index in [9.17, 15) is 9.90 Å². The van der Waals surface area contributed by atoms with Crippen LogP contribution in [0.5, 0.6) is 11.5 Å². The second-order valence-corrected chi connectivity index (χ2v) is 8.45. The van der Waals surface area contributed by atoms with Crippen LogP contribution in [0.3, 0.4) is 0 Å². The third kappa shape index (κ3) is 3.85. The average molecular weight is 434 g/mol. The fourth-order valence-electron chi connectivity index (χ4n) is 4.66. The van der Waals surface area contributed by atoms with Gasteiger partial charge in [0.05, 0.1) is 12.6 Å². The third-order valence-corrected chi connectivity index (χ3v) is 6.07. The number of ether oxygens (including phenoxy) is 1. The molecule has 1 aromatic heterocycles. The Bertz CT molecular complexity index is 1090. The number of nitrogens with one attached hydrogen (secondary N) is 1. The molecule has 1 aliphatic rings. The first-order valence-corrected chi connectivity index (χ1v) is 11.4. The van der Waals surface area contributed by atoms with Gasteiger partial charge in [0.1, 0.15) is 22.9 Å². The molecule has 0 spiro atoms. The molecular weight excluding hydrogens is 402 g/mol. The number of hydrogen-bond donors (Lipinski definition) is 2. The summed E-state index contributed by atoms with van der Waals surface area (Å²) in [5, 5.41) is 18.2. The molecule has 2 aromatic carbocycles. The van der Waals surface area contributed by atoms with Crippen LogP contribution in [0.2, 0.25) is 0 Å². The topological polar surface area (TPSA) is 78.5 Å². The quantitative estimate of drug-likeness (QED) is 0.458. The molecule has 1 unspecified atom stereocenters. The molecule has 2 heterocycles. The van der Waals surface area contributed by atoms with Crippen molar-refractivity contribution in [3.05, 3.63) is 64.3 Å². The summed E-state index contributed by atoms with van der Waals surface area (Å²) in [7, 11) is 0. The number of hydrogen-bond acceptors (Lipinski definition) is 4. The summed E-state index contributed by atoms with van der Waals surface area (Å²) < 4.78 is 5.61. The fourth-order valence-corrected chi connectivity index (χ4v) is 4.66. The maximum atomic E-state index is 13.4. The average Bonchev–Trinajstić information content (AvgIpc) is 3.28. The number of H-pyrrole nitrogens is 1. The van der Waals surface area contributed by atoms with E-state index in [1.54, 1.807) is 6.07 Å². The van der Waals surface area contributed by atoms with Crippen LogP contribution >= 0.6 is 0 Å². The number of fused-ring (bicyclic) bond motifs is 1. The molecule has 32 heavy (non-hydrogen) atoms. The normalized spacial score (nSPS) is 15.3. The highest BCUT2D eigenvalue weighted by Crippen LogP contribution is 2.45. The van der Waals surface area contributed by atoms with Crippen molar-refractivity contribution in [2.24, 2.45) is 0 Å². The summed E-state index contributed by atoms with van der Waals surface area (Å²) in [5.41, 5.74) is 5.57. The molecule has 6 heteroatoms. The summed E-state index contributed by atoms with van der Waals surface area (Å²) in [6.45, 7) is 9.30. The molecule has 168 valence electrons. The zero-order valence-corrected chi connectivity index (χ0v) is 19.2. The minimum Gasteiger partial charge on any atom is -0.507 e. The van der Waals surface area contributed by atoms with E-state index in [2.05, 4.69) is 17.1 Å². The van der Waals surface area contributed by atoms with E-state index in [0.29, 0.717) is 30.1 Å². The third-order valence-electron chi connectivity index (χ3n) is 6.07. The highest BCUT2D eigenvalue weighted by atomic mass is 16.5. The number of aromatic amines is 1. The van der Waals surface area contributed by atoms with Gasteiger partial charge < -0.3 is 14.7 Å². The number of carbonyl (C=O) groups is 1. The maximum Gasteiger partial charge on any atom is 0.273 e. The molecule has 3 aromatic rings. The Morgan fingerprint density at radius 2 is 1.88 bits per heavy atom. The van der Waals surface area contributed by atoms with Crippen LogP contribution in [0.4, 0.5) is 0 Å². The Morgan fingerprint density at radius 3 is 2.53 bits per heavy atom. The molecule has 4 rings (SSSR count). The molecule has 6 nitrogen and oxygen atoms in total. The van der Waals surface area contributed by atoms with Crippen molar-refractivity contribution in [3.63, 3.8) is 0 Å². The Labute approximate surface area is 189 Å². The summed E-state index contributed by atoms with van der Waals surface area (Å²) in [6.07, 6.45) is 3.10. The predicted molar refractivity (Wildman–Crippen MR) is 125 cm³/mol. The van der Waals surface area contributed by atoms with Gasteiger partial charge in [-0.3, -0.25) is 9.89 Å². The summed E-state index contributed by atoms with van der Waals surface area (Å²) in [6, 6.07) is 11.4. The first-order chi connectivity index (χ1) is 15.5. The molecule has 2 N–H and O–H groups in total. The van der Waals surface area contributed by atoms with Crippen LogP contribution in [-0.2, 0) is 0 Å². The second kappa shape index (κ2) is 9.07. The minimum atomic E-state index is -0.265. The highest BCUT2D eigenvalue weighted by molar-refractivity contribution is 6.00. The van der Waals surface area contributed by atoms with Crippen LogP contribution in [0.1, 0.15) is 71.9 Å². The molecule has 0 aliphatic carbocycles. The number of aryl methyl sites for hydroxylation is 2. The van der Waals surface area contributed by atoms with E-state index >= 15 is 0 Å².